The van der Waals surface area contributed by atoms with Gasteiger partial charge in [0, 0.05) is 43.9 Å². The molecule has 20 heavy (non-hydrogen) atoms. The van der Waals surface area contributed by atoms with E-state index in [9.17, 15) is 9.90 Å². The number of likely N-dealkylation sites (tertiary alicyclic amines) is 1. The Morgan fingerprint density at radius 2 is 2.25 bits per heavy atom. The van der Waals surface area contributed by atoms with Crippen LogP contribution in [0, 0.1) is 5.92 Å². The molecule has 0 amide bonds. The summed E-state index contributed by atoms with van der Waals surface area (Å²) in [7, 11) is 0. The van der Waals surface area contributed by atoms with E-state index in [0.29, 0.717) is 30.7 Å². The fourth-order valence-corrected chi connectivity index (χ4v) is 2.62. The quantitative estimate of drug-likeness (QED) is 0.609. The second-order valence-electron chi connectivity index (χ2n) is 4.97. The predicted molar refractivity (Wildman–Crippen MR) is 75.8 cm³/mol. The maximum Gasteiger partial charge on any atom is 0.275 e. The van der Waals surface area contributed by atoms with Gasteiger partial charge >= 0.3 is 0 Å². The van der Waals surface area contributed by atoms with Crippen molar-refractivity contribution in [3.8, 4) is 0 Å². The van der Waals surface area contributed by atoms with Gasteiger partial charge in [0.25, 0.3) is 5.56 Å². The number of nitrogens with one attached hydrogen (secondary N) is 2. The summed E-state index contributed by atoms with van der Waals surface area (Å²) in [5.74, 6) is -0.0958. The zero-order valence-corrected chi connectivity index (χ0v) is 11.6. The molecule has 0 radical (unpaired) electrons. The number of aliphatic hydroxyl groups excluding tert-OH is 2. The van der Waals surface area contributed by atoms with Crippen molar-refractivity contribution < 1.29 is 10.2 Å². The van der Waals surface area contributed by atoms with Crippen LogP contribution >= 0.6 is 12.4 Å². The molecule has 1 aliphatic heterocycles. The molecule has 1 aliphatic rings. The Balaban J connectivity index is 0.00000147. The molecule has 0 spiro atoms. The highest BCUT2D eigenvalue weighted by atomic mass is 35.5. The molecule has 0 unspecified atom stereocenters. The molecule has 0 aromatic carbocycles. The van der Waals surface area contributed by atoms with E-state index >= 15 is 0 Å². The van der Waals surface area contributed by atoms with E-state index in [2.05, 4.69) is 19.9 Å². The van der Waals surface area contributed by atoms with Crippen molar-refractivity contribution in [2.24, 2.45) is 5.92 Å². The molecule has 8 heteroatoms. The van der Waals surface area contributed by atoms with Crippen LogP contribution in [0.25, 0.3) is 11.0 Å². The lowest BCUT2D eigenvalue weighted by atomic mass is 10.1. The first-order valence-corrected chi connectivity index (χ1v) is 6.24. The molecule has 3 heterocycles. The second-order valence-corrected chi connectivity index (χ2v) is 4.97. The van der Waals surface area contributed by atoms with Crippen molar-refractivity contribution in [3.05, 3.63) is 28.4 Å². The van der Waals surface area contributed by atoms with Gasteiger partial charge in [0.05, 0.1) is 17.9 Å². The summed E-state index contributed by atoms with van der Waals surface area (Å²) in [6.45, 7) is 1.77. The summed E-state index contributed by atoms with van der Waals surface area (Å²) in [6.07, 6.45) is 2.66. The van der Waals surface area contributed by atoms with Gasteiger partial charge in [0.2, 0.25) is 0 Å². The number of H-pyrrole nitrogens is 2. The number of nitrogens with zero attached hydrogens (tertiary/aromatic N) is 2. The third-order valence-electron chi connectivity index (χ3n) is 3.66. The van der Waals surface area contributed by atoms with Crippen LogP contribution in [0.15, 0.2) is 17.3 Å². The minimum Gasteiger partial charge on any atom is -0.396 e. The zero-order chi connectivity index (χ0) is 13.4. The van der Waals surface area contributed by atoms with E-state index in [0.717, 1.165) is 5.56 Å². The molecule has 3 rings (SSSR count). The topological polar surface area (TPSA) is 105 Å². The van der Waals surface area contributed by atoms with Crippen molar-refractivity contribution in [1.29, 1.82) is 0 Å². The summed E-state index contributed by atoms with van der Waals surface area (Å²) in [5.41, 5.74) is 1.86. The fourth-order valence-electron chi connectivity index (χ4n) is 2.62. The van der Waals surface area contributed by atoms with Gasteiger partial charge in [-0.05, 0) is 0 Å². The Labute approximate surface area is 121 Å². The van der Waals surface area contributed by atoms with E-state index < -0.39 is 6.10 Å². The van der Waals surface area contributed by atoms with Gasteiger partial charge in [-0.2, -0.15) is 0 Å². The summed E-state index contributed by atoms with van der Waals surface area (Å²) in [6, 6.07) is 0. The number of β-amino-alcohol motifs (C(OH)–C–C–N with tert-alkyl or cyclic N) is 1. The lowest BCUT2D eigenvalue weighted by Gasteiger charge is -2.13. The Hall–Kier alpha value is -1.41. The zero-order valence-electron chi connectivity index (χ0n) is 10.7. The Morgan fingerprint density at radius 3 is 2.95 bits per heavy atom. The van der Waals surface area contributed by atoms with Gasteiger partial charge in [-0.25, -0.2) is 4.98 Å². The van der Waals surface area contributed by atoms with Crippen molar-refractivity contribution in [1.82, 2.24) is 19.9 Å². The Bertz CT molecular complexity index is 641. The molecule has 0 aliphatic carbocycles. The van der Waals surface area contributed by atoms with Crippen LogP contribution in [0.3, 0.4) is 0 Å². The fraction of sp³-hybridized carbons (Fsp3) is 0.500. The highest BCUT2D eigenvalue weighted by Gasteiger charge is 2.30. The number of aromatic nitrogens is 3. The van der Waals surface area contributed by atoms with Crippen molar-refractivity contribution >= 4 is 23.4 Å². The molecule has 110 valence electrons. The lowest BCUT2D eigenvalue weighted by molar-refractivity contribution is 0.103. The largest absolute Gasteiger partial charge is 0.396 e. The number of halogens is 1. The van der Waals surface area contributed by atoms with Crippen LogP contribution in [0.5, 0.6) is 0 Å². The van der Waals surface area contributed by atoms with Crippen LogP contribution in [-0.4, -0.2) is 55.9 Å². The number of aliphatic hydroxyl groups is 2. The molecule has 1 saturated heterocycles. The van der Waals surface area contributed by atoms with Gasteiger partial charge < -0.3 is 20.2 Å². The van der Waals surface area contributed by atoms with E-state index in [1.54, 1.807) is 6.20 Å². The molecule has 0 bridgehead atoms. The van der Waals surface area contributed by atoms with Crippen LogP contribution in [0.4, 0.5) is 0 Å². The molecular formula is C12H17ClN4O3. The van der Waals surface area contributed by atoms with E-state index in [-0.39, 0.29) is 30.5 Å². The maximum absolute atomic E-state index is 11.6. The molecule has 7 nitrogen and oxygen atoms in total. The van der Waals surface area contributed by atoms with Gasteiger partial charge in [-0.1, -0.05) is 0 Å². The van der Waals surface area contributed by atoms with Gasteiger partial charge in [-0.15, -0.1) is 12.4 Å². The molecule has 1 fully saturated rings. The summed E-state index contributed by atoms with van der Waals surface area (Å²) in [5, 5.41) is 18.9. The standard InChI is InChI=1S/C12H16N4O3.ClH/c17-5-8-3-16(4-9(8)18)2-7-1-13-11-10(7)14-6-15-12(11)19;/h1,6,8-9,13,17-18H,2-5H2,(H,14,15,19);1H/t8-,9+;/m1./s1/i2+2;. The average Bonchev–Trinajstić information content (AvgIpc) is 2.95. The van der Waals surface area contributed by atoms with Gasteiger partial charge in [0.15, 0.2) is 0 Å². The van der Waals surface area contributed by atoms with Crippen molar-refractivity contribution in [3.63, 3.8) is 0 Å². The first kappa shape index (κ1) is 15.0. The predicted octanol–water partition coefficient (Wildman–Crippen LogP) is -0.542. The third-order valence-corrected chi connectivity index (χ3v) is 3.66. The van der Waals surface area contributed by atoms with Crippen LogP contribution in [0.1, 0.15) is 5.56 Å². The van der Waals surface area contributed by atoms with E-state index in [1.807, 2.05) is 0 Å². The summed E-state index contributed by atoms with van der Waals surface area (Å²) in [4.78, 5) is 23.2. The molecule has 2 aromatic heterocycles. The second kappa shape index (κ2) is 5.92. The van der Waals surface area contributed by atoms with Gasteiger partial charge in [0.1, 0.15) is 5.52 Å². The summed E-state index contributed by atoms with van der Waals surface area (Å²) < 4.78 is 0. The van der Waals surface area contributed by atoms with Crippen LogP contribution in [0.2, 0.25) is 0 Å². The normalized spacial score (nSPS) is 23.1. The number of rotatable bonds is 3. The Kier molecular flexibility index (Phi) is 4.44. The lowest BCUT2D eigenvalue weighted by Crippen LogP contribution is -2.21. The number of hydrogen-bond acceptors (Lipinski definition) is 5. The van der Waals surface area contributed by atoms with Gasteiger partial charge in [-0.3, -0.25) is 9.69 Å². The molecule has 2 atom stereocenters. The molecule has 0 saturated carbocycles. The highest BCUT2D eigenvalue weighted by molar-refractivity contribution is 5.85. The first-order valence-electron chi connectivity index (χ1n) is 6.24. The highest BCUT2D eigenvalue weighted by Crippen LogP contribution is 2.21. The monoisotopic (exact) mass is 302 g/mol. The average molecular weight is 303 g/mol. The molecular weight excluding hydrogens is 286 g/mol. The SMILES string of the molecule is Cl.O=c1[nH]cnc2c([14CH2]N3C[C@H](CO)[C@@H](O)C3)c[nH]c12. The first-order chi connectivity index (χ1) is 9.19. The van der Waals surface area contributed by atoms with E-state index in [1.165, 1.54) is 6.33 Å². The van der Waals surface area contributed by atoms with Crippen molar-refractivity contribution in [2.75, 3.05) is 19.7 Å². The number of fused-ring (bicyclic) bond motifs is 1. The minimum atomic E-state index is -0.494. The Morgan fingerprint density at radius 1 is 1.45 bits per heavy atom. The number of hydrogen-bond donors (Lipinski definition) is 4. The molecule has 2 aromatic rings. The van der Waals surface area contributed by atoms with Crippen LogP contribution in [-0.2, 0) is 6.54 Å². The maximum atomic E-state index is 11.6. The number of aromatic amines is 2. The van der Waals surface area contributed by atoms with Crippen LogP contribution < -0.4 is 5.56 Å². The summed E-state index contributed by atoms with van der Waals surface area (Å²) >= 11 is 0. The minimum absolute atomic E-state index is 0. The molecule has 4 N–H and O–H groups in total. The smallest absolute Gasteiger partial charge is 0.275 e. The van der Waals surface area contributed by atoms with Crippen molar-refractivity contribution in [2.45, 2.75) is 12.6 Å². The van der Waals surface area contributed by atoms with E-state index in [4.69, 9.17) is 5.11 Å². The third kappa shape index (κ3) is 2.57.